The zero-order valence-electron chi connectivity index (χ0n) is 11.2. The highest BCUT2D eigenvalue weighted by Crippen LogP contribution is 2.30. The Balaban J connectivity index is 2.51. The van der Waals surface area contributed by atoms with Crippen molar-refractivity contribution < 1.29 is 4.74 Å². The molecule has 1 aromatic heterocycles. The summed E-state index contributed by atoms with van der Waals surface area (Å²) < 4.78 is 7.44. The summed E-state index contributed by atoms with van der Waals surface area (Å²) in [5, 5.41) is 9.45. The minimum Gasteiger partial charge on any atom is -0.496 e. The molecule has 1 heterocycles. The molecule has 0 unspecified atom stereocenters. The molecule has 0 spiro atoms. The monoisotopic (exact) mass is 275 g/mol. The van der Waals surface area contributed by atoms with E-state index in [0.717, 1.165) is 28.0 Å². The maximum atomic E-state index is 5.39. The molecular weight excluding hydrogens is 258 g/mol. The van der Waals surface area contributed by atoms with Crippen LogP contribution in [0.1, 0.15) is 6.92 Å². The number of ether oxygens (including phenoxy) is 1. The van der Waals surface area contributed by atoms with Gasteiger partial charge >= 0.3 is 0 Å². The van der Waals surface area contributed by atoms with E-state index in [1.165, 1.54) is 0 Å². The van der Waals surface area contributed by atoms with Crippen LogP contribution < -0.4 is 4.74 Å². The van der Waals surface area contributed by atoms with E-state index >= 15 is 0 Å². The van der Waals surface area contributed by atoms with Gasteiger partial charge in [-0.3, -0.25) is 4.57 Å². The van der Waals surface area contributed by atoms with Gasteiger partial charge in [-0.05, 0) is 17.9 Å². The highest BCUT2D eigenvalue weighted by molar-refractivity contribution is 7.99. The molecule has 0 saturated carbocycles. The van der Waals surface area contributed by atoms with Gasteiger partial charge in [-0.25, -0.2) is 0 Å². The minimum absolute atomic E-state index is 0.683. The second kappa shape index (κ2) is 6.43. The second-order valence-electron chi connectivity index (χ2n) is 3.84. The van der Waals surface area contributed by atoms with Crippen LogP contribution in [0.25, 0.3) is 11.4 Å². The smallest absolute Gasteiger partial charge is 0.191 e. The van der Waals surface area contributed by atoms with Crippen LogP contribution in [0.3, 0.4) is 0 Å². The molecule has 19 heavy (non-hydrogen) atoms. The van der Waals surface area contributed by atoms with Crippen molar-refractivity contribution in [3.63, 3.8) is 0 Å². The molecular formula is C14H17N3OS. The van der Waals surface area contributed by atoms with Crippen LogP contribution in [-0.4, -0.2) is 27.6 Å². The first-order valence-corrected chi connectivity index (χ1v) is 7.10. The fourth-order valence-electron chi connectivity index (χ4n) is 1.85. The largest absolute Gasteiger partial charge is 0.496 e. The van der Waals surface area contributed by atoms with Gasteiger partial charge in [0.15, 0.2) is 11.0 Å². The quantitative estimate of drug-likeness (QED) is 0.599. The maximum Gasteiger partial charge on any atom is 0.191 e. The van der Waals surface area contributed by atoms with E-state index in [9.17, 15) is 0 Å². The molecule has 0 atom stereocenters. The van der Waals surface area contributed by atoms with Crippen molar-refractivity contribution in [2.75, 3.05) is 12.9 Å². The Morgan fingerprint density at radius 3 is 2.84 bits per heavy atom. The van der Waals surface area contributed by atoms with Crippen LogP contribution in [0.2, 0.25) is 0 Å². The lowest BCUT2D eigenvalue weighted by Crippen LogP contribution is -2.01. The molecule has 0 N–H and O–H groups in total. The zero-order chi connectivity index (χ0) is 13.7. The highest BCUT2D eigenvalue weighted by atomic mass is 32.2. The molecule has 0 aliphatic carbocycles. The fourth-order valence-corrected chi connectivity index (χ4v) is 2.52. The third kappa shape index (κ3) is 2.81. The lowest BCUT2D eigenvalue weighted by atomic mass is 10.2. The number of thioether (sulfide) groups is 1. The first-order chi connectivity index (χ1) is 9.31. The molecule has 0 aliphatic rings. The van der Waals surface area contributed by atoms with Crippen molar-refractivity contribution in [3.05, 3.63) is 36.9 Å². The summed E-state index contributed by atoms with van der Waals surface area (Å²) in [7, 11) is 1.66. The van der Waals surface area contributed by atoms with Crippen molar-refractivity contribution in [2.24, 2.45) is 0 Å². The van der Waals surface area contributed by atoms with Crippen LogP contribution in [0.4, 0.5) is 0 Å². The SMILES string of the molecule is C=CCn1c(SCC)nnc1-c1ccccc1OC. The summed E-state index contributed by atoms with van der Waals surface area (Å²) in [5.41, 5.74) is 0.947. The maximum absolute atomic E-state index is 5.39. The van der Waals surface area contributed by atoms with E-state index < -0.39 is 0 Å². The van der Waals surface area contributed by atoms with Gasteiger partial charge in [0.05, 0.1) is 12.7 Å². The van der Waals surface area contributed by atoms with E-state index in [4.69, 9.17) is 4.74 Å². The van der Waals surface area contributed by atoms with Crippen LogP contribution in [0, 0.1) is 0 Å². The number of para-hydroxylation sites is 1. The molecule has 0 radical (unpaired) electrons. The summed E-state index contributed by atoms with van der Waals surface area (Å²) in [4.78, 5) is 0. The third-order valence-corrected chi connectivity index (χ3v) is 3.50. The summed E-state index contributed by atoms with van der Waals surface area (Å²) >= 11 is 1.67. The average Bonchev–Trinajstić information content (AvgIpc) is 2.83. The molecule has 100 valence electrons. The Labute approximate surface area is 117 Å². The molecule has 5 heteroatoms. The number of aromatic nitrogens is 3. The first-order valence-electron chi connectivity index (χ1n) is 6.12. The van der Waals surface area contributed by atoms with Gasteiger partial charge in [0, 0.05) is 6.54 Å². The van der Waals surface area contributed by atoms with Crippen molar-refractivity contribution in [3.8, 4) is 17.1 Å². The van der Waals surface area contributed by atoms with Gasteiger partial charge in [-0.2, -0.15) is 0 Å². The van der Waals surface area contributed by atoms with E-state index in [1.54, 1.807) is 18.9 Å². The molecule has 1 aromatic carbocycles. The number of allylic oxidation sites excluding steroid dienone is 1. The third-order valence-electron chi connectivity index (χ3n) is 2.65. The van der Waals surface area contributed by atoms with Crippen LogP contribution in [0.5, 0.6) is 5.75 Å². The summed E-state index contributed by atoms with van der Waals surface area (Å²) in [5.74, 6) is 2.57. The number of methoxy groups -OCH3 is 1. The standard InChI is InChI=1S/C14H17N3OS/c1-4-10-17-13(15-16-14(17)19-5-2)11-8-6-7-9-12(11)18-3/h4,6-9H,1,5,10H2,2-3H3. The van der Waals surface area contributed by atoms with Crippen molar-refractivity contribution in [1.82, 2.24) is 14.8 Å². The van der Waals surface area contributed by atoms with Gasteiger partial charge in [-0.1, -0.05) is 36.9 Å². The normalized spacial score (nSPS) is 10.4. The minimum atomic E-state index is 0.683. The molecule has 0 fully saturated rings. The lowest BCUT2D eigenvalue weighted by Gasteiger charge is -2.10. The Kier molecular flexibility index (Phi) is 4.63. The molecule has 0 aliphatic heterocycles. The number of nitrogens with zero attached hydrogens (tertiary/aromatic N) is 3. The average molecular weight is 275 g/mol. The summed E-state index contributed by atoms with van der Waals surface area (Å²) in [6, 6.07) is 7.83. The van der Waals surface area contributed by atoms with Gasteiger partial charge in [0.2, 0.25) is 0 Å². The Morgan fingerprint density at radius 2 is 2.16 bits per heavy atom. The topological polar surface area (TPSA) is 39.9 Å². The Hall–Kier alpha value is -1.75. The molecule has 0 bridgehead atoms. The van der Waals surface area contributed by atoms with E-state index in [-0.39, 0.29) is 0 Å². The predicted octanol–water partition coefficient (Wildman–Crippen LogP) is 3.25. The molecule has 0 saturated heterocycles. The van der Waals surface area contributed by atoms with Crippen LogP contribution >= 0.6 is 11.8 Å². The van der Waals surface area contributed by atoms with Crippen molar-refractivity contribution in [1.29, 1.82) is 0 Å². The molecule has 4 nitrogen and oxygen atoms in total. The molecule has 2 rings (SSSR count). The van der Waals surface area contributed by atoms with Gasteiger partial charge < -0.3 is 4.74 Å². The molecule has 0 amide bonds. The predicted molar refractivity (Wildman–Crippen MR) is 78.6 cm³/mol. The van der Waals surface area contributed by atoms with E-state index in [0.29, 0.717) is 6.54 Å². The van der Waals surface area contributed by atoms with Gasteiger partial charge in [0.25, 0.3) is 0 Å². The van der Waals surface area contributed by atoms with Crippen LogP contribution in [-0.2, 0) is 6.54 Å². The van der Waals surface area contributed by atoms with Crippen molar-refractivity contribution >= 4 is 11.8 Å². The summed E-state index contributed by atoms with van der Waals surface area (Å²) in [6.45, 7) is 6.58. The number of hydrogen-bond acceptors (Lipinski definition) is 4. The second-order valence-corrected chi connectivity index (χ2v) is 5.07. The number of rotatable bonds is 6. The van der Waals surface area contributed by atoms with Gasteiger partial charge in [-0.15, -0.1) is 16.8 Å². The summed E-state index contributed by atoms with van der Waals surface area (Å²) in [6.07, 6.45) is 1.85. The fraction of sp³-hybridized carbons (Fsp3) is 0.286. The van der Waals surface area contributed by atoms with Crippen LogP contribution in [0.15, 0.2) is 42.1 Å². The zero-order valence-corrected chi connectivity index (χ0v) is 12.0. The lowest BCUT2D eigenvalue weighted by molar-refractivity contribution is 0.416. The van der Waals surface area contributed by atoms with Gasteiger partial charge in [0.1, 0.15) is 5.75 Å². The Bertz CT molecular complexity index is 566. The van der Waals surface area contributed by atoms with Crippen molar-refractivity contribution in [2.45, 2.75) is 18.6 Å². The van der Waals surface area contributed by atoms with E-state index in [1.807, 2.05) is 30.3 Å². The van der Waals surface area contributed by atoms with E-state index in [2.05, 4.69) is 28.3 Å². The number of hydrogen-bond donors (Lipinski definition) is 0. The highest BCUT2D eigenvalue weighted by Gasteiger charge is 2.15. The Morgan fingerprint density at radius 1 is 1.37 bits per heavy atom. The first kappa shape index (κ1) is 13.7. The molecule has 2 aromatic rings. The number of benzene rings is 1.